The van der Waals surface area contributed by atoms with E-state index in [4.69, 9.17) is 0 Å². The Bertz CT molecular complexity index is 708. The fourth-order valence-electron chi connectivity index (χ4n) is 3.40. The van der Waals surface area contributed by atoms with Gasteiger partial charge in [-0.2, -0.15) is 5.10 Å². The van der Waals surface area contributed by atoms with Crippen LogP contribution in [-0.4, -0.2) is 45.2 Å². The lowest BCUT2D eigenvalue weighted by Crippen LogP contribution is -2.40. The molecule has 1 unspecified atom stereocenters. The maximum Gasteiger partial charge on any atom is 0.240 e. The van der Waals surface area contributed by atoms with Crippen molar-refractivity contribution in [3.05, 3.63) is 28.5 Å². The molecule has 24 heavy (non-hydrogen) atoms. The normalized spacial score (nSPS) is 18.7. The summed E-state index contributed by atoms with van der Waals surface area (Å²) >= 11 is 1.56. The van der Waals surface area contributed by atoms with E-state index in [9.17, 15) is 4.79 Å². The van der Waals surface area contributed by atoms with Crippen LogP contribution >= 0.6 is 11.3 Å². The van der Waals surface area contributed by atoms with Crippen LogP contribution in [0.3, 0.4) is 0 Å². The minimum atomic E-state index is 0.0251. The molecule has 1 aliphatic heterocycles. The minimum Gasteiger partial charge on any atom is -0.301 e. The molecule has 2 aromatic heterocycles. The first-order chi connectivity index (χ1) is 11.6. The molecule has 0 saturated carbocycles. The van der Waals surface area contributed by atoms with Crippen molar-refractivity contribution in [3.63, 3.8) is 0 Å². The summed E-state index contributed by atoms with van der Waals surface area (Å²) in [5.41, 5.74) is 2.33. The molecule has 6 nitrogen and oxygen atoms in total. The first-order valence-corrected chi connectivity index (χ1v) is 9.35. The maximum atomic E-state index is 12.3. The van der Waals surface area contributed by atoms with Gasteiger partial charge in [-0.1, -0.05) is 6.92 Å². The van der Waals surface area contributed by atoms with Crippen molar-refractivity contribution in [2.75, 3.05) is 25.0 Å². The van der Waals surface area contributed by atoms with Crippen LogP contribution in [0, 0.1) is 6.92 Å². The third-order valence-corrected chi connectivity index (χ3v) is 5.55. The van der Waals surface area contributed by atoms with E-state index in [1.807, 2.05) is 17.9 Å². The van der Waals surface area contributed by atoms with Crippen molar-refractivity contribution in [1.82, 2.24) is 19.7 Å². The summed E-state index contributed by atoms with van der Waals surface area (Å²) in [5, 5.41) is 7.94. The summed E-state index contributed by atoms with van der Waals surface area (Å²) in [6, 6.07) is 2.08. The van der Waals surface area contributed by atoms with Crippen LogP contribution in [0.5, 0.6) is 0 Å². The Balaban J connectivity index is 1.56. The molecule has 1 amide bonds. The Labute approximate surface area is 146 Å². The lowest BCUT2D eigenvalue weighted by atomic mass is 9.94. The lowest BCUT2D eigenvalue weighted by Gasteiger charge is -2.32. The number of carbonyl (C=O) groups excluding carboxylic acids is 1. The van der Waals surface area contributed by atoms with E-state index < -0.39 is 0 Å². The van der Waals surface area contributed by atoms with Gasteiger partial charge in [-0.3, -0.25) is 14.4 Å². The zero-order valence-corrected chi connectivity index (χ0v) is 15.4. The van der Waals surface area contributed by atoms with Gasteiger partial charge in [-0.25, -0.2) is 4.98 Å². The van der Waals surface area contributed by atoms with Gasteiger partial charge in [0.2, 0.25) is 5.91 Å². The summed E-state index contributed by atoms with van der Waals surface area (Å²) in [7, 11) is 1.98. The second-order valence-corrected chi connectivity index (χ2v) is 7.58. The Morgan fingerprint density at radius 2 is 2.33 bits per heavy atom. The van der Waals surface area contributed by atoms with Crippen molar-refractivity contribution in [2.45, 2.75) is 39.0 Å². The number of piperidine rings is 1. The maximum absolute atomic E-state index is 12.3. The highest BCUT2D eigenvalue weighted by molar-refractivity contribution is 7.15. The number of carbonyl (C=O) groups is 1. The van der Waals surface area contributed by atoms with E-state index in [0.717, 1.165) is 43.2 Å². The standard InChI is InChI=1S/C17H25N5OS/c1-4-14-12(2)24-17(19-14)20-16(23)11-22-9-5-6-13(10-22)15-7-8-18-21(15)3/h7-8,13H,4-6,9-11H2,1-3H3,(H,19,20,23). The van der Waals surface area contributed by atoms with E-state index in [1.54, 1.807) is 11.3 Å². The molecule has 1 N–H and O–H groups in total. The molecule has 0 radical (unpaired) electrons. The fourth-order valence-corrected chi connectivity index (χ4v) is 4.32. The highest BCUT2D eigenvalue weighted by atomic mass is 32.1. The SMILES string of the molecule is CCc1nc(NC(=O)CN2CCCC(c3ccnn3C)C2)sc1C. The molecule has 0 aliphatic carbocycles. The number of hydrogen-bond donors (Lipinski definition) is 1. The molecule has 1 fully saturated rings. The van der Waals surface area contributed by atoms with Crippen molar-refractivity contribution < 1.29 is 4.79 Å². The second-order valence-electron chi connectivity index (χ2n) is 6.38. The first kappa shape index (κ1) is 17.1. The number of amides is 1. The van der Waals surface area contributed by atoms with Crippen LogP contribution in [0.2, 0.25) is 0 Å². The predicted octanol–water partition coefficient (Wildman–Crippen LogP) is 2.57. The molecule has 1 saturated heterocycles. The first-order valence-electron chi connectivity index (χ1n) is 8.53. The summed E-state index contributed by atoms with van der Waals surface area (Å²) in [6.45, 7) is 6.44. The Morgan fingerprint density at radius 1 is 1.50 bits per heavy atom. The molecule has 2 aromatic rings. The van der Waals surface area contributed by atoms with Crippen LogP contribution in [0.4, 0.5) is 5.13 Å². The molecular weight excluding hydrogens is 322 g/mol. The van der Waals surface area contributed by atoms with E-state index in [1.165, 1.54) is 10.6 Å². The number of nitrogens with one attached hydrogen (secondary N) is 1. The van der Waals surface area contributed by atoms with Crippen LogP contribution in [0.15, 0.2) is 12.3 Å². The number of anilines is 1. The second kappa shape index (κ2) is 7.44. The van der Waals surface area contributed by atoms with Gasteiger partial charge in [-0.05, 0) is 38.8 Å². The molecule has 3 rings (SSSR count). The monoisotopic (exact) mass is 347 g/mol. The molecule has 1 atom stereocenters. The van der Waals surface area contributed by atoms with Crippen LogP contribution in [0.1, 0.15) is 41.9 Å². The third kappa shape index (κ3) is 3.84. The number of aryl methyl sites for hydroxylation is 3. The van der Waals surface area contributed by atoms with Crippen molar-refractivity contribution in [3.8, 4) is 0 Å². The number of rotatable bonds is 5. The van der Waals surface area contributed by atoms with Crippen molar-refractivity contribution in [1.29, 1.82) is 0 Å². The van der Waals surface area contributed by atoms with Gasteiger partial charge in [0.1, 0.15) is 0 Å². The number of thiazole rings is 1. The van der Waals surface area contributed by atoms with Gasteiger partial charge in [0.15, 0.2) is 5.13 Å². The van der Waals surface area contributed by atoms with E-state index in [2.05, 4.69) is 40.2 Å². The number of aromatic nitrogens is 3. The van der Waals surface area contributed by atoms with E-state index in [-0.39, 0.29) is 5.91 Å². The quantitative estimate of drug-likeness (QED) is 0.903. The third-order valence-electron chi connectivity index (χ3n) is 4.62. The Kier molecular flexibility index (Phi) is 5.30. The summed E-state index contributed by atoms with van der Waals surface area (Å²) < 4.78 is 1.94. The van der Waals surface area contributed by atoms with Gasteiger partial charge in [0, 0.05) is 36.3 Å². The number of hydrogen-bond acceptors (Lipinski definition) is 5. The molecule has 1 aliphatic rings. The van der Waals surface area contributed by atoms with Crippen molar-refractivity contribution in [2.24, 2.45) is 7.05 Å². The van der Waals surface area contributed by atoms with Crippen molar-refractivity contribution >= 4 is 22.4 Å². The average Bonchev–Trinajstić information content (AvgIpc) is 3.12. The van der Waals surface area contributed by atoms with Crippen LogP contribution in [0.25, 0.3) is 0 Å². The smallest absolute Gasteiger partial charge is 0.240 e. The highest BCUT2D eigenvalue weighted by Gasteiger charge is 2.24. The minimum absolute atomic E-state index is 0.0251. The molecule has 0 bridgehead atoms. The average molecular weight is 347 g/mol. The number of likely N-dealkylation sites (tertiary alicyclic amines) is 1. The van der Waals surface area contributed by atoms with Gasteiger partial charge in [-0.15, -0.1) is 11.3 Å². The van der Waals surface area contributed by atoms with Gasteiger partial charge >= 0.3 is 0 Å². The molecule has 0 spiro atoms. The van der Waals surface area contributed by atoms with Crippen LogP contribution < -0.4 is 5.32 Å². The molecule has 3 heterocycles. The Hall–Kier alpha value is -1.73. The fraction of sp³-hybridized carbons (Fsp3) is 0.588. The predicted molar refractivity (Wildman–Crippen MR) is 96.5 cm³/mol. The van der Waals surface area contributed by atoms with E-state index in [0.29, 0.717) is 12.5 Å². The molecule has 7 heteroatoms. The van der Waals surface area contributed by atoms with Gasteiger partial charge in [0.05, 0.1) is 12.2 Å². The topological polar surface area (TPSA) is 63.1 Å². The summed E-state index contributed by atoms with van der Waals surface area (Å²) in [6.07, 6.45) is 5.01. The molecular formula is C17H25N5OS. The zero-order valence-electron chi connectivity index (χ0n) is 14.6. The Morgan fingerprint density at radius 3 is 3.00 bits per heavy atom. The molecule has 130 valence electrons. The van der Waals surface area contributed by atoms with Crippen LogP contribution in [-0.2, 0) is 18.3 Å². The summed E-state index contributed by atoms with van der Waals surface area (Å²) in [5.74, 6) is 0.477. The lowest BCUT2D eigenvalue weighted by molar-refractivity contribution is -0.117. The number of nitrogens with zero attached hydrogens (tertiary/aromatic N) is 4. The molecule has 0 aromatic carbocycles. The van der Waals surface area contributed by atoms with Gasteiger partial charge in [0.25, 0.3) is 0 Å². The largest absolute Gasteiger partial charge is 0.301 e. The zero-order chi connectivity index (χ0) is 17.1. The van der Waals surface area contributed by atoms with E-state index >= 15 is 0 Å². The summed E-state index contributed by atoms with van der Waals surface area (Å²) in [4.78, 5) is 20.2. The highest BCUT2D eigenvalue weighted by Crippen LogP contribution is 2.26. The van der Waals surface area contributed by atoms with Gasteiger partial charge < -0.3 is 5.32 Å².